The summed E-state index contributed by atoms with van der Waals surface area (Å²) in [5.74, 6) is -1.09. The maximum absolute atomic E-state index is 12.2. The summed E-state index contributed by atoms with van der Waals surface area (Å²) in [5.41, 5.74) is 2.37. The third-order valence-electron chi connectivity index (χ3n) is 3.36. The second-order valence-corrected chi connectivity index (χ2v) is 5.13. The Kier molecular flexibility index (Phi) is 3.19. The molecule has 1 aliphatic heterocycles. The minimum Gasteiger partial charge on any atom is -0.478 e. The fourth-order valence-electron chi connectivity index (χ4n) is 2.40. The quantitative estimate of drug-likeness (QED) is 0.904. The number of carboxylic acids is 1. The van der Waals surface area contributed by atoms with Gasteiger partial charge in [-0.3, -0.25) is 4.79 Å². The van der Waals surface area contributed by atoms with E-state index in [4.69, 9.17) is 5.11 Å². The molecule has 0 saturated carbocycles. The number of rotatable bonds is 2. The maximum atomic E-state index is 12.2. The van der Waals surface area contributed by atoms with Crippen LogP contribution in [0.5, 0.6) is 0 Å². The largest absolute Gasteiger partial charge is 0.478 e. The Labute approximate surface area is 118 Å². The van der Waals surface area contributed by atoms with E-state index in [1.54, 1.807) is 22.4 Å². The van der Waals surface area contributed by atoms with Crippen LogP contribution in [-0.4, -0.2) is 38.0 Å². The first-order valence-electron chi connectivity index (χ1n) is 6.07. The Morgan fingerprint density at radius 2 is 2.20 bits per heavy atom. The van der Waals surface area contributed by atoms with Gasteiger partial charge in [0.1, 0.15) is 0 Å². The highest BCUT2D eigenvalue weighted by Gasteiger charge is 2.25. The minimum absolute atomic E-state index is 0.162. The van der Waals surface area contributed by atoms with E-state index in [0.717, 1.165) is 22.7 Å². The van der Waals surface area contributed by atoms with E-state index < -0.39 is 5.97 Å². The molecule has 1 aromatic carbocycles. The number of aromatic carboxylic acids is 1. The summed E-state index contributed by atoms with van der Waals surface area (Å²) >= 11 is 1.14. The molecule has 0 radical (unpaired) electrons. The first kappa shape index (κ1) is 12.7. The van der Waals surface area contributed by atoms with Crippen molar-refractivity contribution in [3.8, 4) is 0 Å². The molecule has 6 nitrogen and oxygen atoms in total. The molecular weight excluding hydrogens is 278 g/mol. The van der Waals surface area contributed by atoms with Crippen molar-refractivity contribution in [2.75, 3.05) is 6.54 Å². The summed E-state index contributed by atoms with van der Waals surface area (Å²) in [7, 11) is 0. The van der Waals surface area contributed by atoms with E-state index in [9.17, 15) is 9.59 Å². The van der Waals surface area contributed by atoms with E-state index in [0.29, 0.717) is 30.8 Å². The Balaban J connectivity index is 1.88. The van der Waals surface area contributed by atoms with Crippen molar-refractivity contribution in [2.45, 2.75) is 13.0 Å². The Morgan fingerprint density at radius 3 is 2.90 bits per heavy atom. The van der Waals surface area contributed by atoms with E-state index >= 15 is 0 Å². The van der Waals surface area contributed by atoms with E-state index in [2.05, 4.69) is 9.59 Å². The van der Waals surface area contributed by atoms with Crippen molar-refractivity contribution in [3.63, 3.8) is 0 Å². The van der Waals surface area contributed by atoms with Gasteiger partial charge in [-0.1, -0.05) is 16.6 Å². The zero-order valence-corrected chi connectivity index (χ0v) is 11.3. The van der Waals surface area contributed by atoms with Crippen molar-refractivity contribution in [2.24, 2.45) is 0 Å². The van der Waals surface area contributed by atoms with Gasteiger partial charge in [-0.15, -0.1) is 5.10 Å². The van der Waals surface area contributed by atoms with Crippen LogP contribution < -0.4 is 0 Å². The molecule has 0 aliphatic carbocycles. The molecule has 20 heavy (non-hydrogen) atoms. The predicted octanol–water partition coefficient (Wildman–Crippen LogP) is 1.43. The Bertz CT molecular complexity index is 670. The van der Waals surface area contributed by atoms with Crippen LogP contribution in [0.2, 0.25) is 0 Å². The number of carbonyl (C=O) groups excluding carboxylic acids is 1. The van der Waals surface area contributed by atoms with Gasteiger partial charge in [0.25, 0.3) is 5.91 Å². The van der Waals surface area contributed by atoms with Gasteiger partial charge in [0.05, 0.1) is 5.56 Å². The lowest BCUT2D eigenvalue weighted by molar-refractivity contribution is 0.0694. The number of hydrogen-bond acceptors (Lipinski definition) is 5. The Morgan fingerprint density at radius 1 is 1.35 bits per heavy atom. The molecule has 102 valence electrons. The molecule has 0 unspecified atom stereocenters. The first-order valence-corrected chi connectivity index (χ1v) is 6.91. The summed E-state index contributed by atoms with van der Waals surface area (Å²) in [4.78, 5) is 25.1. The van der Waals surface area contributed by atoms with Crippen LogP contribution in [0, 0.1) is 0 Å². The predicted molar refractivity (Wildman–Crippen MR) is 71.8 cm³/mol. The normalized spacial score (nSPS) is 13.9. The number of amides is 1. The highest BCUT2D eigenvalue weighted by Crippen LogP contribution is 2.23. The fourth-order valence-corrected chi connectivity index (χ4v) is 2.83. The highest BCUT2D eigenvalue weighted by atomic mass is 32.1. The average molecular weight is 289 g/mol. The van der Waals surface area contributed by atoms with Crippen molar-refractivity contribution in [1.29, 1.82) is 0 Å². The smallest absolute Gasteiger partial charge is 0.335 e. The lowest BCUT2D eigenvalue weighted by Crippen LogP contribution is -2.36. The molecule has 2 aromatic rings. The summed E-state index contributed by atoms with van der Waals surface area (Å²) in [5, 5.41) is 14.6. The van der Waals surface area contributed by atoms with Gasteiger partial charge in [-0.05, 0) is 35.1 Å². The van der Waals surface area contributed by atoms with Gasteiger partial charge >= 0.3 is 5.97 Å². The summed E-state index contributed by atoms with van der Waals surface area (Å²) in [6.45, 7) is 0.903. The van der Waals surface area contributed by atoms with E-state index in [1.807, 2.05) is 6.07 Å². The molecule has 2 heterocycles. The lowest BCUT2D eigenvalue weighted by Gasteiger charge is -2.29. The Hall–Kier alpha value is -2.28. The third kappa shape index (κ3) is 2.16. The second kappa shape index (κ2) is 5.01. The van der Waals surface area contributed by atoms with Gasteiger partial charge in [-0.2, -0.15) is 0 Å². The molecule has 0 saturated heterocycles. The fraction of sp³-hybridized carbons (Fsp3) is 0.231. The molecule has 1 aliphatic rings. The van der Waals surface area contributed by atoms with Gasteiger partial charge < -0.3 is 10.0 Å². The third-order valence-corrected chi connectivity index (χ3v) is 3.87. The number of nitrogens with zero attached hydrogens (tertiary/aromatic N) is 3. The molecule has 3 rings (SSSR count). The summed E-state index contributed by atoms with van der Waals surface area (Å²) in [6, 6.07) is 5.17. The molecule has 0 spiro atoms. The van der Waals surface area contributed by atoms with Gasteiger partial charge in [0.15, 0.2) is 5.69 Å². The van der Waals surface area contributed by atoms with Crippen LogP contribution in [0.25, 0.3) is 0 Å². The molecule has 0 bridgehead atoms. The summed E-state index contributed by atoms with van der Waals surface area (Å²) < 4.78 is 3.69. The average Bonchev–Trinajstić information content (AvgIpc) is 2.99. The SMILES string of the molecule is O=C(O)c1cccc2c1CCN(C(=O)c1csnn1)C2. The van der Waals surface area contributed by atoms with Crippen molar-refractivity contribution in [1.82, 2.24) is 14.5 Å². The van der Waals surface area contributed by atoms with Crippen molar-refractivity contribution >= 4 is 23.4 Å². The zero-order chi connectivity index (χ0) is 14.1. The van der Waals surface area contributed by atoms with Crippen molar-refractivity contribution < 1.29 is 14.7 Å². The number of fused-ring (bicyclic) bond motifs is 1. The van der Waals surface area contributed by atoms with E-state index in [1.165, 1.54) is 0 Å². The molecule has 1 N–H and O–H groups in total. The second-order valence-electron chi connectivity index (χ2n) is 4.52. The molecular formula is C13H11N3O3S. The number of benzene rings is 1. The van der Waals surface area contributed by atoms with Crippen LogP contribution in [0.1, 0.15) is 32.0 Å². The standard InChI is InChI=1S/C13H11N3O3S/c17-12(11-7-20-15-14-11)16-5-4-9-8(6-16)2-1-3-10(9)13(18)19/h1-3,7H,4-6H2,(H,18,19). The molecule has 1 aromatic heterocycles. The van der Waals surface area contributed by atoms with Gasteiger partial charge in [0.2, 0.25) is 0 Å². The van der Waals surface area contributed by atoms with Gasteiger partial charge in [0, 0.05) is 18.5 Å². The topological polar surface area (TPSA) is 83.4 Å². The zero-order valence-electron chi connectivity index (χ0n) is 10.4. The molecule has 7 heteroatoms. The van der Waals surface area contributed by atoms with Crippen LogP contribution in [0.4, 0.5) is 0 Å². The first-order chi connectivity index (χ1) is 9.66. The number of carbonyl (C=O) groups is 2. The number of carboxylic acid groups (broad SMARTS) is 1. The number of hydrogen-bond donors (Lipinski definition) is 1. The monoisotopic (exact) mass is 289 g/mol. The van der Waals surface area contributed by atoms with Crippen LogP contribution >= 0.6 is 11.5 Å². The minimum atomic E-state index is -0.926. The maximum Gasteiger partial charge on any atom is 0.335 e. The number of aromatic nitrogens is 2. The highest BCUT2D eigenvalue weighted by molar-refractivity contribution is 7.03. The van der Waals surface area contributed by atoms with Crippen LogP contribution in [0.15, 0.2) is 23.6 Å². The van der Waals surface area contributed by atoms with Crippen LogP contribution in [0.3, 0.4) is 0 Å². The molecule has 0 atom stereocenters. The molecule has 0 fully saturated rings. The molecule has 1 amide bonds. The van der Waals surface area contributed by atoms with Crippen LogP contribution in [-0.2, 0) is 13.0 Å². The van der Waals surface area contributed by atoms with E-state index in [-0.39, 0.29) is 5.91 Å². The van der Waals surface area contributed by atoms with Gasteiger partial charge in [-0.25, -0.2) is 4.79 Å². The van der Waals surface area contributed by atoms with Crippen molar-refractivity contribution in [3.05, 3.63) is 46.0 Å². The lowest BCUT2D eigenvalue weighted by atomic mass is 9.94. The summed E-state index contributed by atoms with van der Waals surface area (Å²) in [6.07, 6.45) is 0.543.